The summed E-state index contributed by atoms with van der Waals surface area (Å²) >= 11 is 0. The summed E-state index contributed by atoms with van der Waals surface area (Å²) in [5, 5.41) is 11.7. The number of quaternary nitrogens is 1. The summed E-state index contributed by atoms with van der Waals surface area (Å²) in [5.74, 6) is -1.74. The number of likely N-dealkylation sites (N-methyl/N-ethyl adjacent to an activating group) is 1. The van der Waals surface area contributed by atoms with Gasteiger partial charge in [0.25, 0.3) is 0 Å². The van der Waals surface area contributed by atoms with Gasteiger partial charge >= 0.3 is 11.9 Å². The molecule has 8 nitrogen and oxygen atoms in total. The van der Waals surface area contributed by atoms with E-state index in [4.69, 9.17) is 14.2 Å². The van der Waals surface area contributed by atoms with Crippen LogP contribution in [0.2, 0.25) is 0 Å². The van der Waals surface area contributed by atoms with E-state index in [-0.39, 0.29) is 42.7 Å². The summed E-state index contributed by atoms with van der Waals surface area (Å²) in [4.78, 5) is 37.0. The first-order valence-electron chi connectivity index (χ1n) is 25.9. The van der Waals surface area contributed by atoms with Crippen LogP contribution in [-0.4, -0.2) is 75.5 Å². The normalized spacial score (nSPS) is 13.0. The molecule has 0 saturated carbocycles. The fraction of sp³-hybridized carbons (Fsp3) is 0.868. The van der Waals surface area contributed by atoms with Gasteiger partial charge in [-0.1, -0.05) is 212 Å². The van der Waals surface area contributed by atoms with Crippen molar-refractivity contribution in [2.75, 3.05) is 41.0 Å². The van der Waals surface area contributed by atoms with Gasteiger partial charge in [0.05, 0.1) is 40.3 Å². The zero-order valence-corrected chi connectivity index (χ0v) is 40.8. The highest BCUT2D eigenvalue weighted by Crippen LogP contribution is 2.16. The Morgan fingerprint density at radius 3 is 1.23 bits per heavy atom. The molecule has 61 heavy (non-hydrogen) atoms. The lowest BCUT2D eigenvalue weighted by Gasteiger charge is -2.34. The molecule has 0 bridgehead atoms. The van der Waals surface area contributed by atoms with Crippen molar-refractivity contribution in [3.8, 4) is 0 Å². The Morgan fingerprint density at radius 2 is 0.852 bits per heavy atom. The molecule has 358 valence electrons. The highest BCUT2D eigenvalue weighted by Gasteiger charge is 2.25. The van der Waals surface area contributed by atoms with Crippen LogP contribution in [-0.2, 0) is 28.6 Å². The van der Waals surface area contributed by atoms with Crippen LogP contribution in [0.5, 0.6) is 0 Å². The van der Waals surface area contributed by atoms with Crippen LogP contribution in [0.4, 0.5) is 0 Å². The van der Waals surface area contributed by atoms with E-state index < -0.39 is 18.1 Å². The van der Waals surface area contributed by atoms with Crippen molar-refractivity contribution < 1.29 is 38.2 Å². The lowest BCUT2D eigenvalue weighted by molar-refractivity contribution is -0.889. The number of unbranched alkanes of at least 4 members (excludes halogenated alkanes) is 30. The molecule has 0 fully saturated rings. The zero-order valence-electron chi connectivity index (χ0n) is 40.8. The van der Waals surface area contributed by atoms with E-state index >= 15 is 0 Å². The summed E-state index contributed by atoms with van der Waals surface area (Å²) in [5.41, 5.74) is 0. The molecule has 0 aromatic rings. The minimum absolute atomic E-state index is 0.0402. The number of esters is 2. The fourth-order valence-corrected chi connectivity index (χ4v) is 7.83. The molecule has 0 aliphatic rings. The molecule has 0 saturated heterocycles. The number of ether oxygens (including phenoxy) is 3. The minimum Gasteiger partial charge on any atom is -0.544 e. The molecule has 0 radical (unpaired) electrons. The number of carbonyl (C=O) groups is 3. The molecule has 0 spiro atoms. The summed E-state index contributed by atoms with van der Waals surface area (Å²) < 4.78 is 17.2. The third-order valence-corrected chi connectivity index (χ3v) is 11.9. The maximum atomic E-state index is 12.8. The number of aliphatic carboxylic acids is 1. The first-order chi connectivity index (χ1) is 29.6. The second-order valence-electron chi connectivity index (χ2n) is 18.8. The lowest BCUT2D eigenvalue weighted by atomic mass is 10.0. The molecule has 2 atom stereocenters. The molecule has 8 heteroatoms. The van der Waals surface area contributed by atoms with Crippen LogP contribution < -0.4 is 5.11 Å². The monoisotopic (exact) mass is 862 g/mol. The Kier molecular flexibility index (Phi) is 42.8. The van der Waals surface area contributed by atoms with Crippen LogP contribution in [0, 0.1) is 0 Å². The van der Waals surface area contributed by atoms with E-state index in [1.165, 1.54) is 154 Å². The maximum Gasteiger partial charge on any atom is 0.306 e. The van der Waals surface area contributed by atoms with Crippen molar-refractivity contribution in [3.63, 3.8) is 0 Å². The van der Waals surface area contributed by atoms with Crippen molar-refractivity contribution in [2.24, 2.45) is 0 Å². The lowest BCUT2D eigenvalue weighted by Crippen LogP contribution is -2.55. The Bertz CT molecular complexity index is 1050. The third-order valence-electron chi connectivity index (χ3n) is 11.9. The number of carbonyl (C=O) groups excluding carboxylic acids is 3. The van der Waals surface area contributed by atoms with Crippen molar-refractivity contribution >= 4 is 17.9 Å². The number of rotatable bonds is 47. The summed E-state index contributed by atoms with van der Waals surface area (Å²) in [7, 11) is 5.42. The van der Waals surface area contributed by atoms with Crippen LogP contribution in [0.25, 0.3) is 0 Å². The highest BCUT2D eigenvalue weighted by molar-refractivity contribution is 5.70. The zero-order chi connectivity index (χ0) is 44.9. The maximum absolute atomic E-state index is 12.8. The standard InChI is InChI=1S/C53H99NO7/c1-6-8-10-12-14-16-18-20-22-24-26-28-30-32-34-36-38-40-42-44-52(56)61-49(47-59-46-45-50(53(57)58)54(3,4)5)48-60-51(55)43-41-39-37-35-33-31-29-27-25-23-21-19-17-15-13-11-9-7-2/h23,25,27,29,49-50H,6-22,24,26,28,30-48H2,1-5H3/b25-23+,29-27+. The Balaban J connectivity index is 4.25. The molecule has 0 aliphatic heterocycles. The van der Waals surface area contributed by atoms with Crippen LogP contribution >= 0.6 is 0 Å². The van der Waals surface area contributed by atoms with Gasteiger partial charge in [-0.25, -0.2) is 0 Å². The van der Waals surface area contributed by atoms with Gasteiger partial charge in [-0.15, -0.1) is 0 Å². The molecule has 2 unspecified atom stereocenters. The first-order valence-corrected chi connectivity index (χ1v) is 25.9. The molecule has 0 aromatic heterocycles. The first kappa shape index (κ1) is 58.8. The van der Waals surface area contributed by atoms with Gasteiger partial charge in [0.1, 0.15) is 12.6 Å². The third kappa shape index (κ3) is 42.9. The van der Waals surface area contributed by atoms with E-state index in [9.17, 15) is 19.5 Å². The number of hydrogen-bond donors (Lipinski definition) is 0. The van der Waals surface area contributed by atoms with Gasteiger partial charge in [0.2, 0.25) is 0 Å². The smallest absolute Gasteiger partial charge is 0.306 e. The van der Waals surface area contributed by atoms with Crippen LogP contribution in [0.3, 0.4) is 0 Å². The molecule has 0 heterocycles. The molecule has 0 aliphatic carbocycles. The average Bonchev–Trinajstić information content (AvgIpc) is 3.22. The molecule has 0 N–H and O–H groups in total. The minimum atomic E-state index is -1.12. The quantitative estimate of drug-likeness (QED) is 0.0260. The molecule has 0 aromatic carbocycles. The second kappa shape index (κ2) is 44.4. The predicted molar refractivity (Wildman–Crippen MR) is 254 cm³/mol. The average molecular weight is 862 g/mol. The van der Waals surface area contributed by atoms with Gasteiger partial charge in [-0.2, -0.15) is 0 Å². The fourth-order valence-electron chi connectivity index (χ4n) is 7.83. The predicted octanol–water partition coefficient (Wildman–Crippen LogP) is 13.5. The van der Waals surface area contributed by atoms with Crippen molar-refractivity contribution in [1.29, 1.82) is 0 Å². The second-order valence-corrected chi connectivity index (χ2v) is 18.8. The van der Waals surface area contributed by atoms with Gasteiger partial charge in [0.15, 0.2) is 6.10 Å². The van der Waals surface area contributed by atoms with E-state index in [1.807, 2.05) is 0 Å². The Morgan fingerprint density at radius 1 is 0.492 bits per heavy atom. The number of carboxylic acid groups (broad SMARTS) is 1. The molecular weight excluding hydrogens is 763 g/mol. The van der Waals surface area contributed by atoms with Crippen molar-refractivity contribution in [1.82, 2.24) is 0 Å². The SMILES string of the molecule is CCCCCCCCC/C=C/C=C/CCCCCCCC(=O)OCC(COCCC(C(=O)[O-])[N+](C)(C)C)OC(=O)CCCCCCCCCCCCCCCCCCCCC. The number of nitrogens with zero attached hydrogens (tertiary/aromatic N) is 1. The largest absolute Gasteiger partial charge is 0.544 e. The molecule has 0 rings (SSSR count). The number of hydrogen-bond acceptors (Lipinski definition) is 7. The van der Waals surface area contributed by atoms with Crippen LogP contribution in [0.15, 0.2) is 24.3 Å². The Hall–Kier alpha value is -2.19. The van der Waals surface area contributed by atoms with Gasteiger partial charge in [-0.05, 0) is 38.5 Å². The van der Waals surface area contributed by atoms with E-state index in [1.54, 1.807) is 21.1 Å². The Labute approximate surface area is 377 Å². The van der Waals surface area contributed by atoms with E-state index in [0.29, 0.717) is 12.8 Å². The topological polar surface area (TPSA) is 102 Å². The summed E-state index contributed by atoms with van der Waals surface area (Å²) in [6, 6.07) is -0.726. The van der Waals surface area contributed by atoms with E-state index in [2.05, 4.69) is 38.2 Å². The van der Waals surface area contributed by atoms with Crippen molar-refractivity contribution in [3.05, 3.63) is 24.3 Å². The van der Waals surface area contributed by atoms with Gasteiger partial charge in [-0.3, -0.25) is 9.59 Å². The van der Waals surface area contributed by atoms with E-state index in [0.717, 1.165) is 57.8 Å². The van der Waals surface area contributed by atoms with Crippen molar-refractivity contribution in [2.45, 2.75) is 257 Å². The number of allylic oxidation sites excluding steroid dienone is 4. The summed E-state index contributed by atoms with van der Waals surface area (Å²) in [6.45, 7) is 4.68. The highest BCUT2D eigenvalue weighted by atomic mass is 16.6. The molecule has 0 amide bonds. The van der Waals surface area contributed by atoms with Crippen LogP contribution in [0.1, 0.15) is 245 Å². The van der Waals surface area contributed by atoms with Gasteiger partial charge < -0.3 is 28.6 Å². The molecular formula is C53H99NO7. The van der Waals surface area contributed by atoms with Gasteiger partial charge in [0, 0.05) is 19.3 Å². The summed E-state index contributed by atoms with van der Waals surface area (Å²) in [6.07, 6.45) is 50.6. The number of carboxylic acids is 1.